The highest BCUT2D eigenvalue weighted by Gasteiger charge is 2.19. The molecule has 1 heterocycles. The first-order valence-corrected chi connectivity index (χ1v) is 7.43. The van der Waals surface area contributed by atoms with Crippen molar-refractivity contribution in [3.63, 3.8) is 0 Å². The molecule has 0 saturated carbocycles. The van der Waals surface area contributed by atoms with Crippen molar-refractivity contribution in [1.29, 1.82) is 0 Å². The van der Waals surface area contributed by atoms with Crippen LogP contribution in [0.4, 0.5) is 0 Å². The first-order valence-electron chi connectivity index (χ1n) is 6.89. The molecule has 1 saturated heterocycles. The van der Waals surface area contributed by atoms with E-state index in [-0.39, 0.29) is 11.8 Å². The Kier molecular flexibility index (Phi) is 5.67. The van der Waals surface area contributed by atoms with Crippen molar-refractivity contribution in [2.24, 2.45) is 0 Å². The summed E-state index contributed by atoms with van der Waals surface area (Å²) in [5, 5.41) is 0. The summed E-state index contributed by atoms with van der Waals surface area (Å²) in [5.41, 5.74) is 1.40. The Labute approximate surface area is 120 Å². The number of benzene rings is 1. The summed E-state index contributed by atoms with van der Waals surface area (Å²) in [6.45, 7) is 4.68. The second-order valence-corrected chi connectivity index (χ2v) is 5.21. The Morgan fingerprint density at radius 3 is 2.42 bits per heavy atom. The zero-order valence-electron chi connectivity index (χ0n) is 11.2. The van der Waals surface area contributed by atoms with Gasteiger partial charge >= 0.3 is 0 Å². The summed E-state index contributed by atoms with van der Waals surface area (Å²) >= 11 is 5.57. The third kappa shape index (κ3) is 4.51. The molecule has 1 fully saturated rings. The Morgan fingerprint density at radius 1 is 1.11 bits per heavy atom. The molecule has 0 N–H and O–H groups in total. The number of carbonyl (C=O) groups excluding carboxylic acids is 1. The largest absolute Gasteiger partial charge is 0.339 e. The van der Waals surface area contributed by atoms with Crippen LogP contribution in [0.1, 0.15) is 12.0 Å². The van der Waals surface area contributed by atoms with Crippen molar-refractivity contribution >= 4 is 17.5 Å². The first kappa shape index (κ1) is 14.4. The van der Waals surface area contributed by atoms with Gasteiger partial charge in [0.2, 0.25) is 5.91 Å². The Morgan fingerprint density at radius 2 is 1.79 bits per heavy atom. The van der Waals surface area contributed by atoms with E-state index in [0.717, 1.165) is 39.1 Å². The van der Waals surface area contributed by atoms with E-state index in [2.05, 4.69) is 35.2 Å². The maximum absolute atomic E-state index is 11.4. The number of hydrogen-bond donors (Lipinski definition) is 0. The lowest BCUT2D eigenvalue weighted by atomic mass is 10.1. The molecule has 0 radical (unpaired) electrons. The second-order valence-electron chi connectivity index (χ2n) is 4.95. The van der Waals surface area contributed by atoms with Crippen molar-refractivity contribution in [1.82, 2.24) is 9.80 Å². The van der Waals surface area contributed by atoms with E-state index in [1.807, 2.05) is 4.90 Å². The highest BCUT2D eigenvalue weighted by Crippen LogP contribution is 2.07. The Bertz CT molecular complexity index is 388. The third-order valence-electron chi connectivity index (χ3n) is 3.62. The van der Waals surface area contributed by atoms with Gasteiger partial charge in [-0.3, -0.25) is 9.69 Å². The van der Waals surface area contributed by atoms with Crippen LogP contribution in [0.2, 0.25) is 0 Å². The molecule has 104 valence electrons. The molecule has 0 spiro atoms. The van der Waals surface area contributed by atoms with E-state index in [1.54, 1.807) is 0 Å². The molecule has 1 aliphatic rings. The van der Waals surface area contributed by atoms with Crippen molar-refractivity contribution < 1.29 is 4.79 Å². The van der Waals surface area contributed by atoms with Crippen LogP contribution in [0.3, 0.4) is 0 Å². The Hall–Kier alpha value is -1.06. The van der Waals surface area contributed by atoms with Crippen LogP contribution in [0.5, 0.6) is 0 Å². The van der Waals surface area contributed by atoms with Crippen LogP contribution >= 0.6 is 11.6 Å². The van der Waals surface area contributed by atoms with Gasteiger partial charge in [0.1, 0.15) is 5.88 Å². The minimum Gasteiger partial charge on any atom is -0.339 e. The molecule has 4 heteroatoms. The van der Waals surface area contributed by atoms with E-state index < -0.39 is 0 Å². The number of alkyl halides is 1. The average Bonchev–Trinajstić information content (AvgIpc) is 2.48. The van der Waals surface area contributed by atoms with Gasteiger partial charge in [0.25, 0.3) is 0 Å². The first-order chi connectivity index (χ1) is 9.29. The zero-order valence-corrected chi connectivity index (χ0v) is 12.0. The van der Waals surface area contributed by atoms with Gasteiger partial charge in [-0.25, -0.2) is 0 Å². The van der Waals surface area contributed by atoms with Crippen LogP contribution in [-0.4, -0.2) is 54.3 Å². The number of nitrogens with zero attached hydrogens (tertiary/aromatic N) is 2. The number of aryl methyl sites for hydroxylation is 1. The lowest BCUT2D eigenvalue weighted by Gasteiger charge is -2.34. The third-order valence-corrected chi connectivity index (χ3v) is 3.85. The minimum absolute atomic E-state index is 0.0607. The van der Waals surface area contributed by atoms with Crippen LogP contribution in [0.25, 0.3) is 0 Å². The van der Waals surface area contributed by atoms with Crippen molar-refractivity contribution in [3.8, 4) is 0 Å². The van der Waals surface area contributed by atoms with Gasteiger partial charge in [-0.1, -0.05) is 30.3 Å². The molecule has 1 amide bonds. The predicted octanol–water partition coefficient (Wildman–Crippen LogP) is 2.00. The molecule has 19 heavy (non-hydrogen) atoms. The lowest BCUT2D eigenvalue weighted by molar-refractivity contribution is -0.130. The summed E-state index contributed by atoms with van der Waals surface area (Å²) in [6.07, 6.45) is 2.30. The molecule has 0 aromatic heterocycles. The van der Waals surface area contributed by atoms with Gasteiger partial charge in [-0.15, -0.1) is 11.6 Å². The lowest BCUT2D eigenvalue weighted by Crippen LogP contribution is -2.49. The van der Waals surface area contributed by atoms with Gasteiger partial charge in [0.15, 0.2) is 0 Å². The molecule has 0 aliphatic carbocycles. The van der Waals surface area contributed by atoms with Crippen molar-refractivity contribution in [2.45, 2.75) is 12.8 Å². The highest BCUT2D eigenvalue weighted by molar-refractivity contribution is 6.27. The van der Waals surface area contributed by atoms with E-state index >= 15 is 0 Å². The summed E-state index contributed by atoms with van der Waals surface area (Å²) in [5.74, 6) is 0.166. The zero-order chi connectivity index (χ0) is 13.5. The average molecular weight is 281 g/mol. The number of piperazine rings is 1. The fourth-order valence-corrected chi connectivity index (χ4v) is 2.63. The molecule has 0 unspecified atom stereocenters. The quantitative estimate of drug-likeness (QED) is 0.771. The molecular formula is C15H21ClN2O. The van der Waals surface area contributed by atoms with Crippen LogP contribution in [-0.2, 0) is 11.2 Å². The van der Waals surface area contributed by atoms with E-state index in [1.165, 1.54) is 12.0 Å². The monoisotopic (exact) mass is 280 g/mol. The molecule has 1 aromatic rings. The summed E-state index contributed by atoms with van der Waals surface area (Å²) in [7, 11) is 0. The number of halogens is 1. The van der Waals surface area contributed by atoms with E-state index in [0.29, 0.717) is 0 Å². The molecule has 1 aliphatic heterocycles. The second kappa shape index (κ2) is 7.51. The van der Waals surface area contributed by atoms with Gasteiger partial charge < -0.3 is 4.90 Å². The van der Waals surface area contributed by atoms with Crippen molar-refractivity contribution in [2.75, 3.05) is 38.6 Å². The molecular weight excluding hydrogens is 260 g/mol. The smallest absolute Gasteiger partial charge is 0.237 e. The maximum Gasteiger partial charge on any atom is 0.237 e. The van der Waals surface area contributed by atoms with E-state index in [4.69, 9.17) is 11.6 Å². The van der Waals surface area contributed by atoms with Crippen molar-refractivity contribution in [3.05, 3.63) is 35.9 Å². The highest BCUT2D eigenvalue weighted by atomic mass is 35.5. The summed E-state index contributed by atoms with van der Waals surface area (Å²) in [6, 6.07) is 10.6. The summed E-state index contributed by atoms with van der Waals surface area (Å²) < 4.78 is 0. The molecule has 3 nitrogen and oxygen atoms in total. The molecule has 0 bridgehead atoms. The summed E-state index contributed by atoms with van der Waals surface area (Å²) in [4.78, 5) is 15.7. The van der Waals surface area contributed by atoms with Crippen LogP contribution in [0, 0.1) is 0 Å². The molecule has 1 aromatic carbocycles. The Balaban J connectivity index is 1.65. The fourth-order valence-electron chi connectivity index (χ4n) is 2.46. The van der Waals surface area contributed by atoms with Gasteiger partial charge in [-0.2, -0.15) is 0 Å². The minimum atomic E-state index is 0.0607. The molecule has 0 atom stereocenters. The predicted molar refractivity (Wildman–Crippen MR) is 78.5 cm³/mol. The SMILES string of the molecule is O=C(CCl)N1CCN(CCCc2ccccc2)CC1. The number of amides is 1. The standard InChI is InChI=1S/C15H21ClN2O/c16-13-15(19)18-11-9-17(10-12-18)8-4-7-14-5-2-1-3-6-14/h1-3,5-6H,4,7-13H2. The molecule has 2 rings (SSSR count). The maximum atomic E-state index is 11.4. The van der Waals surface area contributed by atoms with Crippen LogP contribution in [0.15, 0.2) is 30.3 Å². The number of carbonyl (C=O) groups is 1. The number of rotatable bonds is 5. The van der Waals surface area contributed by atoms with E-state index in [9.17, 15) is 4.79 Å². The van der Waals surface area contributed by atoms with Gasteiger partial charge in [0.05, 0.1) is 0 Å². The number of hydrogen-bond acceptors (Lipinski definition) is 2. The van der Waals surface area contributed by atoms with Crippen LogP contribution < -0.4 is 0 Å². The van der Waals surface area contributed by atoms with Gasteiger partial charge in [0, 0.05) is 26.2 Å². The van der Waals surface area contributed by atoms with Gasteiger partial charge in [-0.05, 0) is 24.9 Å². The normalized spacial score (nSPS) is 16.6. The fraction of sp³-hybridized carbons (Fsp3) is 0.533. The topological polar surface area (TPSA) is 23.6 Å².